The van der Waals surface area contributed by atoms with E-state index in [1.165, 1.54) is 35.3 Å². The van der Waals surface area contributed by atoms with Crippen molar-refractivity contribution >= 4 is 11.3 Å². The van der Waals surface area contributed by atoms with Gasteiger partial charge in [-0.2, -0.15) is 31.4 Å². The molecule has 5 nitrogen and oxygen atoms in total. The summed E-state index contributed by atoms with van der Waals surface area (Å²) in [6.45, 7) is 5.41. The van der Waals surface area contributed by atoms with E-state index in [1.807, 2.05) is 19.9 Å². The van der Waals surface area contributed by atoms with E-state index in [9.17, 15) is 26.3 Å². The molecule has 4 aromatic rings. The number of aromatic nitrogens is 5. The smallest absolute Gasteiger partial charge is 0.264 e. The van der Waals surface area contributed by atoms with Crippen molar-refractivity contribution in [3.63, 3.8) is 0 Å². The van der Waals surface area contributed by atoms with Crippen molar-refractivity contribution in [3.8, 4) is 22.5 Å². The van der Waals surface area contributed by atoms with Gasteiger partial charge in [-0.15, -0.1) is 10.2 Å². The summed E-state index contributed by atoms with van der Waals surface area (Å²) >= 11 is 1.22. The molecule has 0 saturated carbocycles. The molecule has 3 heterocycles. The second kappa shape index (κ2) is 10.9. The van der Waals surface area contributed by atoms with Gasteiger partial charge in [-0.25, -0.2) is 0 Å². The summed E-state index contributed by atoms with van der Waals surface area (Å²) in [5.74, 6) is 5.62. The highest BCUT2D eigenvalue weighted by molar-refractivity contribution is 7.15. The highest BCUT2D eigenvalue weighted by Gasteiger charge is 2.39. The Kier molecular flexibility index (Phi) is 8.14. The molecule has 0 amide bonds. The Balaban J connectivity index is 0.00000176. The van der Waals surface area contributed by atoms with Gasteiger partial charge in [0, 0.05) is 12.4 Å². The van der Waals surface area contributed by atoms with Crippen molar-refractivity contribution in [2.24, 2.45) is 0 Å². The Hall–Kier alpha value is -3.72. The molecule has 4 rings (SSSR count). The minimum atomic E-state index is -4.97. The van der Waals surface area contributed by atoms with E-state index in [-0.39, 0.29) is 11.6 Å². The van der Waals surface area contributed by atoms with E-state index in [0.717, 1.165) is 6.07 Å². The summed E-state index contributed by atoms with van der Waals surface area (Å²) in [7, 11) is 0. The second-order valence-corrected chi connectivity index (χ2v) is 8.04. The normalized spacial score (nSPS) is 12.2. The monoisotopic (exact) mass is 523 g/mol. The van der Waals surface area contributed by atoms with Crippen molar-refractivity contribution < 1.29 is 26.3 Å². The largest absolute Gasteiger partial charge is 0.416 e. The molecule has 0 radical (unpaired) electrons. The highest BCUT2D eigenvalue weighted by atomic mass is 32.1. The third-order valence-corrected chi connectivity index (χ3v) is 5.62. The first-order valence-corrected chi connectivity index (χ1v) is 11.4. The van der Waals surface area contributed by atoms with Crippen LogP contribution < -0.4 is 0 Å². The van der Waals surface area contributed by atoms with Crippen LogP contribution in [0.15, 0.2) is 55.0 Å². The molecule has 12 heteroatoms. The molecule has 188 valence electrons. The number of hydrogen-bond donors (Lipinski definition) is 0. The molecular formula is C24H19F6N5S. The summed E-state index contributed by atoms with van der Waals surface area (Å²) in [6, 6.07) is 5.93. The molecule has 0 bridgehead atoms. The topological polar surface area (TPSA) is 56.5 Å². The van der Waals surface area contributed by atoms with Crippen LogP contribution >= 0.6 is 11.3 Å². The van der Waals surface area contributed by atoms with E-state index in [2.05, 4.69) is 32.1 Å². The molecule has 1 aromatic carbocycles. The number of halogens is 6. The number of alkyl halides is 6. The number of hydrogen-bond acceptors (Lipinski definition) is 5. The zero-order valence-corrected chi connectivity index (χ0v) is 20.0. The quantitative estimate of drug-likeness (QED) is 0.217. The number of nitrogens with zero attached hydrogens (tertiary/aromatic N) is 5. The van der Waals surface area contributed by atoms with Crippen LogP contribution in [-0.2, 0) is 12.4 Å². The maximum absolute atomic E-state index is 13.5. The number of rotatable bonds is 3. The lowest BCUT2D eigenvalue weighted by Crippen LogP contribution is -2.17. The maximum atomic E-state index is 13.5. The molecule has 0 fully saturated rings. The average Bonchev–Trinajstić information content (AvgIpc) is 3.52. The van der Waals surface area contributed by atoms with E-state index in [4.69, 9.17) is 0 Å². The number of benzene rings is 1. The Morgan fingerprint density at radius 1 is 0.944 bits per heavy atom. The Morgan fingerprint density at radius 2 is 1.69 bits per heavy atom. The van der Waals surface area contributed by atoms with E-state index >= 15 is 0 Å². The van der Waals surface area contributed by atoms with Crippen LogP contribution in [0.5, 0.6) is 0 Å². The van der Waals surface area contributed by atoms with Gasteiger partial charge in [-0.3, -0.25) is 9.67 Å². The van der Waals surface area contributed by atoms with Crippen LogP contribution in [0.25, 0.3) is 10.7 Å². The summed E-state index contributed by atoms with van der Waals surface area (Å²) in [5.41, 5.74) is -2.04. The molecule has 3 aromatic heterocycles. The first-order valence-electron chi connectivity index (χ1n) is 10.6. The fourth-order valence-corrected chi connectivity index (χ4v) is 3.77. The summed E-state index contributed by atoms with van der Waals surface area (Å²) in [5, 5.41) is 13.0. The molecule has 36 heavy (non-hydrogen) atoms. The average molecular weight is 524 g/mol. The molecule has 0 spiro atoms. The molecule has 0 N–H and O–H groups in total. The van der Waals surface area contributed by atoms with Crippen LogP contribution in [0.1, 0.15) is 54.1 Å². The second-order valence-electron chi connectivity index (χ2n) is 7.06. The molecular weight excluding hydrogens is 504 g/mol. The zero-order chi connectivity index (χ0) is 26.5. The van der Waals surface area contributed by atoms with Gasteiger partial charge in [-0.1, -0.05) is 43.2 Å². The van der Waals surface area contributed by atoms with Gasteiger partial charge in [0.05, 0.1) is 28.9 Å². The van der Waals surface area contributed by atoms with Crippen LogP contribution in [0.3, 0.4) is 0 Å². The standard InChI is InChI=1S/C22H13F6N5S.C2H6/c1-13(16-7-6-15(21(23,24)25)10-17(16)22(26,27)28)33-12-14(11-30-33)5-8-19-31-32-20(34-19)18-4-2-3-9-29-18;1-2/h2-4,6-7,9-13H,1H3;1-2H3. The van der Waals surface area contributed by atoms with Gasteiger partial charge in [0.25, 0.3) is 0 Å². The first kappa shape index (κ1) is 26.9. The third-order valence-electron chi connectivity index (χ3n) is 4.76. The van der Waals surface area contributed by atoms with Gasteiger partial charge in [-0.05, 0) is 42.7 Å². The fraction of sp³-hybridized carbons (Fsp3) is 0.250. The van der Waals surface area contributed by atoms with Crippen molar-refractivity contribution in [2.45, 2.75) is 39.2 Å². The third kappa shape index (κ3) is 6.28. The minimum absolute atomic E-state index is 0.116. The van der Waals surface area contributed by atoms with Crippen LogP contribution in [0.2, 0.25) is 0 Å². The molecule has 1 unspecified atom stereocenters. The minimum Gasteiger partial charge on any atom is -0.264 e. The van der Waals surface area contributed by atoms with E-state index < -0.39 is 29.5 Å². The molecule has 0 aliphatic rings. The molecule has 0 aliphatic heterocycles. The predicted molar refractivity (Wildman–Crippen MR) is 123 cm³/mol. The van der Waals surface area contributed by atoms with Crippen molar-refractivity contribution in [3.05, 3.63) is 82.3 Å². The van der Waals surface area contributed by atoms with Gasteiger partial charge in [0.2, 0.25) is 0 Å². The van der Waals surface area contributed by atoms with Crippen LogP contribution in [0, 0.1) is 11.8 Å². The number of pyridine rings is 1. The zero-order valence-electron chi connectivity index (χ0n) is 19.2. The Morgan fingerprint density at radius 3 is 2.33 bits per heavy atom. The SMILES string of the molecule is CC.CC(c1ccc(C(F)(F)F)cc1C(F)(F)F)n1cc(C#Cc2nnc(-c3ccccn3)s2)cn1. The Labute approximate surface area is 206 Å². The van der Waals surface area contributed by atoms with Gasteiger partial charge in [0.15, 0.2) is 10.0 Å². The Bertz CT molecular complexity index is 1360. The molecule has 0 saturated heterocycles. The lowest BCUT2D eigenvalue weighted by Gasteiger charge is -2.20. The fourth-order valence-electron chi connectivity index (χ4n) is 3.09. The van der Waals surface area contributed by atoms with Crippen molar-refractivity contribution in [1.29, 1.82) is 0 Å². The summed E-state index contributed by atoms with van der Waals surface area (Å²) in [4.78, 5) is 4.18. The highest BCUT2D eigenvalue weighted by Crippen LogP contribution is 2.39. The summed E-state index contributed by atoms with van der Waals surface area (Å²) in [6.07, 6.45) is -5.47. The van der Waals surface area contributed by atoms with Gasteiger partial charge < -0.3 is 0 Å². The first-order chi connectivity index (χ1) is 17.0. The van der Waals surface area contributed by atoms with Crippen molar-refractivity contribution in [2.75, 3.05) is 0 Å². The van der Waals surface area contributed by atoms with E-state index in [0.29, 0.717) is 27.3 Å². The van der Waals surface area contributed by atoms with Crippen molar-refractivity contribution in [1.82, 2.24) is 25.0 Å². The van der Waals surface area contributed by atoms with Crippen LogP contribution in [-0.4, -0.2) is 25.0 Å². The molecule has 0 aliphatic carbocycles. The summed E-state index contributed by atoms with van der Waals surface area (Å²) < 4.78 is 80.5. The predicted octanol–water partition coefficient (Wildman–Crippen LogP) is 6.87. The maximum Gasteiger partial charge on any atom is 0.416 e. The van der Waals surface area contributed by atoms with Gasteiger partial charge in [0.1, 0.15) is 5.69 Å². The lowest BCUT2D eigenvalue weighted by atomic mass is 9.98. The van der Waals surface area contributed by atoms with E-state index in [1.54, 1.807) is 18.3 Å². The lowest BCUT2D eigenvalue weighted by molar-refractivity contribution is -0.143. The molecule has 1 atom stereocenters. The van der Waals surface area contributed by atoms with Gasteiger partial charge >= 0.3 is 12.4 Å². The van der Waals surface area contributed by atoms with Crippen LogP contribution in [0.4, 0.5) is 26.3 Å².